The Kier molecular flexibility index (Phi) is 3.73. The molecule has 5 nitrogen and oxygen atoms in total. The first kappa shape index (κ1) is 15.7. The Morgan fingerprint density at radius 1 is 1.24 bits per heavy atom. The van der Waals surface area contributed by atoms with E-state index in [4.69, 9.17) is 0 Å². The molecule has 0 saturated heterocycles. The molecule has 1 saturated carbocycles. The summed E-state index contributed by atoms with van der Waals surface area (Å²) in [5, 5.41) is 12.2. The first-order valence-corrected chi connectivity index (χ1v) is 7.94. The van der Waals surface area contributed by atoms with Crippen molar-refractivity contribution in [1.29, 1.82) is 0 Å². The maximum Gasteiger partial charge on any atom is 0.228 e. The lowest BCUT2D eigenvalue weighted by Crippen LogP contribution is -2.13. The van der Waals surface area contributed by atoms with Crippen LogP contribution < -0.4 is 5.32 Å². The van der Waals surface area contributed by atoms with E-state index in [0.29, 0.717) is 22.6 Å². The van der Waals surface area contributed by atoms with Gasteiger partial charge in [-0.3, -0.25) is 4.79 Å². The fourth-order valence-corrected chi connectivity index (χ4v) is 2.80. The summed E-state index contributed by atoms with van der Waals surface area (Å²) < 4.78 is 29.0. The number of aliphatic hydroxyl groups excluding tert-OH is 1. The van der Waals surface area contributed by atoms with Gasteiger partial charge in [-0.2, -0.15) is 0 Å². The lowest BCUT2D eigenvalue weighted by Gasteiger charge is -2.09. The number of hydrogen-bond donors (Lipinski definition) is 2. The fraction of sp³-hybridized carbons (Fsp3) is 0.222. The summed E-state index contributed by atoms with van der Waals surface area (Å²) in [4.78, 5) is 16.1. The van der Waals surface area contributed by atoms with Crippen molar-refractivity contribution in [2.24, 2.45) is 5.92 Å². The summed E-state index contributed by atoms with van der Waals surface area (Å²) >= 11 is 0. The third kappa shape index (κ3) is 2.87. The minimum atomic E-state index is -1.05. The summed E-state index contributed by atoms with van der Waals surface area (Å²) in [7, 11) is 0. The molecule has 4 rings (SSSR count). The van der Waals surface area contributed by atoms with Gasteiger partial charge in [-0.1, -0.05) is 6.07 Å². The third-order valence-corrected chi connectivity index (χ3v) is 4.32. The number of amides is 1. The summed E-state index contributed by atoms with van der Waals surface area (Å²) in [5.74, 6) is -1.56. The van der Waals surface area contributed by atoms with E-state index in [0.717, 1.165) is 18.9 Å². The van der Waals surface area contributed by atoms with Crippen molar-refractivity contribution in [3.8, 4) is 11.1 Å². The Morgan fingerprint density at radius 2 is 2.04 bits per heavy atom. The van der Waals surface area contributed by atoms with Crippen LogP contribution >= 0.6 is 0 Å². The second-order valence-corrected chi connectivity index (χ2v) is 6.12. The van der Waals surface area contributed by atoms with E-state index >= 15 is 0 Å². The summed E-state index contributed by atoms with van der Waals surface area (Å²) in [6.07, 6.45) is 5.17. The lowest BCUT2D eigenvalue weighted by atomic mass is 10.0. The lowest BCUT2D eigenvalue weighted by molar-refractivity contribution is -0.117. The van der Waals surface area contributed by atoms with Gasteiger partial charge < -0.3 is 14.8 Å². The van der Waals surface area contributed by atoms with Crippen molar-refractivity contribution in [2.75, 3.05) is 5.32 Å². The molecule has 1 amide bonds. The van der Waals surface area contributed by atoms with Gasteiger partial charge in [-0.25, -0.2) is 13.8 Å². The number of carbonyl (C=O) groups is 1. The first-order chi connectivity index (χ1) is 12.1. The zero-order valence-corrected chi connectivity index (χ0v) is 13.2. The molecule has 0 aliphatic heterocycles. The normalized spacial score (nSPS) is 14.0. The number of hydrogen-bond acceptors (Lipinski definition) is 3. The smallest absolute Gasteiger partial charge is 0.228 e. The quantitative estimate of drug-likeness (QED) is 0.765. The van der Waals surface area contributed by atoms with Crippen molar-refractivity contribution in [2.45, 2.75) is 19.4 Å². The molecule has 7 heteroatoms. The van der Waals surface area contributed by atoms with Crippen LogP contribution in [0.25, 0.3) is 16.8 Å². The van der Waals surface area contributed by atoms with Gasteiger partial charge in [0.1, 0.15) is 5.65 Å². The van der Waals surface area contributed by atoms with Crippen LogP contribution in [0.15, 0.2) is 36.7 Å². The second-order valence-electron chi connectivity index (χ2n) is 6.12. The molecule has 1 aromatic carbocycles. The first-order valence-electron chi connectivity index (χ1n) is 7.94. The van der Waals surface area contributed by atoms with Crippen molar-refractivity contribution >= 4 is 17.4 Å². The summed E-state index contributed by atoms with van der Waals surface area (Å²) in [5.41, 5.74) is 1.53. The molecule has 25 heavy (non-hydrogen) atoms. The molecule has 128 valence electrons. The van der Waals surface area contributed by atoms with Crippen molar-refractivity contribution < 1.29 is 18.7 Å². The molecule has 2 heterocycles. The Labute approximate surface area is 141 Å². The molecule has 0 radical (unpaired) electrons. The highest BCUT2D eigenvalue weighted by Gasteiger charge is 2.30. The predicted molar refractivity (Wildman–Crippen MR) is 87.8 cm³/mol. The average Bonchev–Trinajstić information content (AvgIpc) is 3.37. The van der Waals surface area contributed by atoms with Crippen LogP contribution in [-0.2, 0) is 11.4 Å². The minimum absolute atomic E-state index is 0.0354. The van der Waals surface area contributed by atoms with Crippen LogP contribution in [0.3, 0.4) is 0 Å². The van der Waals surface area contributed by atoms with Gasteiger partial charge in [-0.05, 0) is 42.2 Å². The second kappa shape index (κ2) is 5.93. The number of aliphatic hydroxyl groups is 1. The van der Waals surface area contributed by atoms with Gasteiger partial charge in [0.15, 0.2) is 17.5 Å². The summed E-state index contributed by atoms with van der Waals surface area (Å²) in [6.45, 7) is -0.608. The third-order valence-electron chi connectivity index (χ3n) is 4.32. The highest BCUT2D eigenvalue weighted by atomic mass is 19.2. The Bertz CT molecular complexity index is 980. The van der Waals surface area contributed by atoms with Crippen LogP contribution in [0.4, 0.5) is 14.6 Å². The van der Waals surface area contributed by atoms with Crippen LogP contribution in [0, 0.1) is 17.6 Å². The number of rotatable bonds is 4. The molecule has 2 N–H and O–H groups in total. The molecule has 0 atom stereocenters. The number of pyridine rings is 1. The zero-order chi connectivity index (χ0) is 17.6. The van der Waals surface area contributed by atoms with Crippen LogP contribution in [0.1, 0.15) is 18.4 Å². The average molecular weight is 343 g/mol. The van der Waals surface area contributed by atoms with Gasteiger partial charge in [0.05, 0.1) is 12.8 Å². The van der Waals surface area contributed by atoms with Crippen LogP contribution in [-0.4, -0.2) is 20.4 Å². The number of fused-ring (bicyclic) bond motifs is 1. The summed E-state index contributed by atoms with van der Waals surface area (Å²) in [6, 6.07) is 5.88. The Hall–Kier alpha value is -2.80. The molecule has 1 aliphatic rings. The Balaban J connectivity index is 1.71. The Morgan fingerprint density at radius 3 is 2.76 bits per heavy atom. The minimum Gasteiger partial charge on any atom is -0.392 e. The van der Waals surface area contributed by atoms with E-state index in [1.807, 2.05) is 0 Å². The molecule has 0 spiro atoms. The largest absolute Gasteiger partial charge is 0.392 e. The topological polar surface area (TPSA) is 66.6 Å². The molecular formula is C18H15F2N3O2. The van der Waals surface area contributed by atoms with E-state index in [1.165, 1.54) is 6.07 Å². The van der Waals surface area contributed by atoms with Crippen LogP contribution in [0.5, 0.6) is 0 Å². The molecule has 3 aromatic rings. The highest BCUT2D eigenvalue weighted by Crippen LogP contribution is 2.31. The number of benzene rings is 1. The van der Waals surface area contributed by atoms with Gasteiger partial charge in [0, 0.05) is 17.7 Å². The molecular weight excluding hydrogens is 328 g/mol. The van der Waals surface area contributed by atoms with Crippen molar-refractivity contribution in [3.63, 3.8) is 0 Å². The van der Waals surface area contributed by atoms with Gasteiger partial charge in [0.25, 0.3) is 0 Å². The number of anilines is 1. The molecule has 0 bridgehead atoms. The SMILES string of the molecule is O=C(Nc1cn2cc(-c3ccc(F)c(F)c3CO)ccc2n1)C1CC1. The number of imidazole rings is 1. The van der Waals surface area contributed by atoms with E-state index < -0.39 is 18.2 Å². The fourth-order valence-electron chi connectivity index (χ4n) is 2.80. The van der Waals surface area contributed by atoms with Crippen molar-refractivity contribution in [3.05, 3.63) is 53.9 Å². The van der Waals surface area contributed by atoms with Crippen molar-refractivity contribution in [1.82, 2.24) is 9.38 Å². The molecule has 2 aromatic heterocycles. The maximum atomic E-state index is 13.9. The maximum absolute atomic E-state index is 13.9. The molecule has 0 unspecified atom stereocenters. The van der Waals surface area contributed by atoms with Gasteiger partial charge in [0.2, 0.25) is 5.91 Å². The van der Waals surface area contributed by atoms with E-state index in [9.17, 15) is 18.7 Å². The van der Waals surface area contributed by atoms with Gasteiger partial charge in [-0.15, -0.1) is 0 Å². The number of aromatic nitrogens is 2. The van der Waals surface area contributed by atoms with E-state index in [2.05, 4.69) is 10.3 Å². The predicted octanol–water partition coefficient (Wildman–Crippen LogP) is 3.12. The zero-order valence-electron chi connectivity index (χ0n) is 13.2. The number of nitrogens with zero attached hydrogens (tertiary/aromatic N) is 2. The molecule has 1 aliphatic carbocycles. The number of nitrogens with one attached hydrogen (secondary N) is 1. The highest BCUT2D eigenvalue weighted by molar-refractivity contribution is 5.93. The van der Waals surface area contributed by atoms with E-state index in [-0.39, 0.29) is 17.4 Å². The number of carbonyl (C=O) groups excluding carboxylic acids is 1. The van der Waals surface area contributed by atoms with Gasteiger partial charge >= 0.3 is 0 Å². The molecule has 1 fully saturated rings. The number of halogens is 2. The monoisotopic (exact) mass is 343 g/mol. The standard InChI is InChI=1S/C18H15F2N3O2/c19-14-5-4-12(13(9-24)17(14)20)11-3-6-16-21-15(8-23(16)7-11)22-18(25)10-1-2-10/h3-8,10,24H,1-2,9H2,(H,22,25). The van der Waals surface area contributed by atoms with E-state index in [1.54, 1.807) is 28.9 Å². The van der Waals surface area contributed by atoms with Crippen LogP contribution in [0.2, 0.25) is 0 Å².